The molecule has 0 saturated heterocycles. The summed E-state index contributed by atoms with van der Waals surface area (Å²) in [6.07, 6.45) is 0. The van der Waals surface area contributed by atoms with E-state index in [0.29, 0.717) is 13.1 Å². The smallest absolute Gasteiger partial charge is 0.315 e. The summed E-state index contributed by atoms with van der Waals surface area (Å²) in [5.74, 6) is -0.274. The maximum atomic E-state index is 13.4. The number of amides is 2. The molecule has 1 atom stereocenters. The van der Waals surface area contributed by atoms with Crippen LogP contribution in [0.2, 0.25) is 0 Å². The highest BCUT2D eigenvalue weighted by Crippen LogP contribution is 2.18. The first-order chi connectivity index (χ1) is 11.9. The number of halogens is 1. The van der Waals surface area contributed by atoms with Gasteiger partial charge in [0.2, 0.25) is 0 Å². The van der Waals surface area contributed by atoms with Crippen molar-refractivity contribution in [3.05, 3.63) is 70.5 Å². The lowest BCUT2D eigenvalue weighted by molar-refractivity contribution is 0.232. The number of likely N-dealkylation sites (N-methyl/N-ethyl adjacent to an activating group) is 1. The molecule has 5 heteroatoms. The number of carbonyl (C=O) groups excluding carboxylic acids is 1. The minimum absolute atomic E-state index is 0.0949. The first kappa shape index (κ1) is 18.9. The van der Waals surface area contributed by atoms with Crippen LogP contribution in [-0.4, -0.2) is 31.6 Å². The highest BCUT2D eigenvalue weighted by molar-refractivity contribution is 5.73. The highest BCUT2D eigenvalue weighted by Gasteiger charge is 2.15. The van der Waals surface area contributed by atoms with Gasteiger partial charge in [-0.1, -0.05) is 35.9 Å². The Morgan fingerprint density at radius 3 is 2.52 bits per heavy atom. The van der Waals surface area contributed by atoms with Crippen LogP contribution in [0.5, 0.6) is 0 Å². The van der Waals surface area contributed by atoms with Crippen LogP contribution >= 0.6 is 0 Å². The molecular formula is C20H26FN3O. The Balaban J connectivity index is 1.91. The van der Waals surface area contributed by atoms with Crippen LogP contribution in [0, 0.1) is 19.7 Å². The molecule has 0 fully saturated rings. The molecule has 4 nitrogen and oxygen atoms in total. The van der Waals surface area contributed by atoms with Crippen LogP contribution in [0.25, 0.3) is 0 Å². The van der Waals surface area contributed by atoms with Gasteiger partial charge in [-0.25, -0.2) is 9.18 Å². The first-order valence-electron chi connectivity index (χ1n) is 8.36. The van der Waals surface area contributed by atoms with Crippen LogP contribution < -0.4 is 10.6 Å². The van der Waals surface area contributed by atoms with E-state index in [2.05, 4.69) is 16.7 Å². The Kier molecular flexibility index (Phi) is 6.53. The Morgan fingerprint density at radius 1 is 1.12 bits per heavy atom. The van der Waals surface area contributed by atoms with Gasteiger partial charge in [-0.05, 0) is 56.8 Å². The molecule has 0 aliphatic rings. The van der Waals surface area contributed by atoms with E-state index in [0.717, 1.165) is 16.7 Å². The summed E-state index contributed by atoms with van der Waals surface area (Å²) in [5, 5.41) is 5.74. The fourth-order valence-corrected chi connectivity index (χ4v) is 2.78. The fraction of sp³-hybridized carbons (Fsp3) is 0.350. The van der Waals surface area contributed by atoms with Crippen LogP contribution in [0.3, 0.4) is 0 Å². The van der Waals surface area contributed by atoms with E-state index in [1.165, 1.54) is 17.7 Å². The van der Waals surface area contributed by atoms with Crippen molar-refractivity contribution in [1.82, 2.24) is 15.5 Å². The van der Waals surface area contributed by atoms with Gasteiger partial charge in [0.05, 0.1) is 6.04 Å². The van der Waals surface area contributed by atoms with Gasteiger partial charge in [0.25, 0.3) is 0 Å². The van der Waals surface area contributed by atoms with Gasteiger partial charge in [0.1, 0.15) is 5.82 Å². The molecule has 0 radical (unpaired) electrons. The van der Waals surface area contributed by atoms with Crippen molar-refractivity contribution < 1.29 is 9.18 Å². The van der Waals surface area contributed by atoms with Crippen LogP contribution in [0.1, 0.15) is 28.3 Å². The van der Waals surface area contributed by atoms with E-state index >= 15 is 0 Å². The Labute approximate surface area is 149 Å². The third kappa shape index (κ3) is 5.57. The predicted octanol–water partition coefficient (Wildman–Crippen LogP) is 3.54. The molecule has 0 unspecified atom stereocenters. The van der Waals surface area contributed by atoms with Crippen LogP contribution in [0.15, 0.2) is 42.5 Å². The average Bonchev–Trinajstić information content (AvgIpc) is 2.54. The molecule has 134 valence electrons. The second-order valence-electron chi connectivity index (χ2n) is 6.53. The number of hydrogen-bond donors (Lipinski definition) is 2. The molecule has 0 aromatic heterocycles. The zero-order valence-electron chi connectivity index (χ0n) is 15.3. The molecular weight excluding hydrogens is 317 g/mol. The van der Waals surface area contributed by atoms with Gasteiger partial charge in [-0.3, -0.25) is 0 Å². The van der Waals surface area contributed by atoms with Crippen molar-refractivity contribution in [2.45, 2.75) is 26.4 Å². The maximum absolute atomic E-state index is 13.4. The molecule has 0 aliphatic carbocycles. The van der Waals surface area contributed by atoms with Crippen molar-refractivity contribution in [3.63, 3.8) is 0 Å². The number of urea groups is 1. The first-order valence-corrected chi connectivity index (χ1v) is 8.36. The largest absolute Gasteiger partial charge is 0.336 e. The predicted molar refractivity (Wildman–Crippen MR) is 99.0 cm³/mol. The van der Waals surface area contributed by atoms with E-state index < -0.39 is 0 Å². The molecule has 2 N–H and O–H groups in total. The summed E-state index contributed by atoms with van der Waals surface area (Å²) in [5.41, 5.74) is 4.29. The summed E-state index contributed by atoms with van der Waals surface area (Å²) in [4.78, 5) is 14.1. The van der Waals surface area contributed by atoms with Crippen molar-refractivity contribution >= 4 is 6.03 Å². The van der Waals surface area contributed by atoms with E-state index in [1.54, 1.807) is 6.07 Å². The van der Waals surface area contributed by atoms with E-state index in [-0.39, 0.29) is 17.9 Å². The minimum Gasteiger partial charge on any atom is -0.336 e. The van der Waals surface area contributed by atoms with Crippen LogP contribution in [-0.2, 0) is 6.54 Å². The van der Waals surface area contributed by atoms with Crippen molar-refractivity contribution in [1.29, 1.82) is 0 Å². The molecule has 0 bridgehead atoms. The molecule has 2 aromatic rings. The van der Waals surface area contributed by atoms with Gasteiger partial charge >= 0.3 is 6.03 Å². The van der Waals surface area contributed by atoms with Gasteiger partial charge in [-0.2, -0.15) is 0 Å². The zero-order chi connectivity index (χ0) is 18.4. The van der Waals surface area contributed by atoms with E-state index in [1.807, 2.05) is 51.0 Å². The highest BCUT2D eigenvalue weighted by atomic mass is 19.1. The van der Waals surface area contributed by atoms with E-state index in [4.69, 9.17) is 0 Å². The van der Waals surface area contributed by atoms with Gasteiger partial charge in [0, 0.05) is 13.1 Å². The second-order valence-corrected chi connectivity index (χ2v) is 6.53. The van der Waals surface area contributed by atoms with Gasteiger partial charge in [0.15, 0.2) is 0 Å². The second kappa shape index (κ2) is 8.62. The van der Waals surface area contributed by atoms with Crippen molar-refractivity contribution in [3.8, 4) is 0 Å². The molecule has 0 heterocycles. The standard InChI is InChI=1S/C20H26FN3O/c1-14-8-9-17(15(2)10-14)12-22-20(25)23-13-19(24(3)4)16-6-5-7-18(21)11-16/h5-11,19H,12-13H2,1-4H3,(H2,22,23,25)/t19-/m0/s1. The van der Waals surface area contributed by atoms with Crippen LogP contribution in [0.4, 0.5) is 9.18 Å². The number of nitrogens with zero attached hydrogens (tertiary/aromatic N) is 1. The summed E-state index contributed by atoms with van der Waals surface area (Å²) >= 11 is 0. The topological polar surface area (TPSA) is 44.4 Å². The van der Waals surface area contributed by atoms with E-state index in [9.17, 15) is 9.18 Å². The van der Waals surface area contributed by atoms with Crippen molar-refractivity contribution in [2.24, 2.45) is 0 Å². The number of hydrogen-bond acceptors (Lipinski definition) is 2. The maximum Gasteiger partial charge on any atom is 0.315 e. The molecule has 0 aliphatic heterocycles. The third-order valence-electron chi connectivity index (χ3n) is 4.25. The Hall–Kier alpha value is -2.40. The third-order valence-corrected chi connectivity index (χ3v) is 4.25. The minimum atomic E-state index is -0.274. The number of rotatable bonds is 6. The lowest BCUT2D eigenvalue weighted by atomic mass is 10.1. The van der Waals surface area contributed by atoms with Crippen molar-refractivity contribution in [2.75, 3.05) is 20.6 Å². The fourth-order valence-electron chi connectivity index (χ4n) is 2.78. The normalized spacial score (nSPS) is 12.1. The number of nitrogens with one attached hydrogen (secondary N) is 2. The number of aryl methyl sites for hydroxylation is 2. The summed E-state index contributed by atoms with van der Waals surface area (Å²) in [6, 6.07) is 12.3. The number of benzene rings is 2. The SMILES string of the molecule is Cc1ccc(CNC(=O)NC[C@@H](c2cccc(F)c2)N(C)C)c(C)c1. The number of carbonyl (C=O) groups is 1. The molecule has 2 amide bonds. The average molecular weight is 343 g/mol. The molecule has 0 spiro atoms. The van der Waals surface area contributed by atoms with Gasteiger partial charge in [-0.15, -0.1) is 0 Å². The summed E-state index contributed by atoms with van der Waals surface area (Å²) in [6.45, 7) is 4.96. The summed E-state index contributed by atoms with van der Waals surface area (Å²) in [7, 11) is 3.82. The lowest BCUT2D eigenvalue weighted by Crippen LogP contribution is -2.40. The molecule has 2 aromatic carbocycles. The monoisotopic (exact) mass is 343 g/mol. The molecule has 2 rings (SSSR count). The molecule has 25 heavy (non-hydrogen) atoms. The molecule has 0 saturated carbocycles. The quantitative estimate of drug-likeness (QED) is 0.842. The Bertz CT molecular complexity index is 731. The zero-order valence-corrected chi connectivity index (χ0v) is 15.3. The van der Waals surface area contributed by atoms with Gasteiger partial charge < -0.3 is 15.5 Å². The lowest BCUT2D eigenvalue weighted by Gasteiger charge is -2.25. The Morgan fingerprint density at radius 2 is 1.88 bits per heavy atom. The summed E-state index contributed by atoms with van der Waals surface area (Å²) < 4.78 is 13.4.